The van der Waals surface area contributed by atoms with Crippen molar-refractivity contribution in [2.45, 2.75) is 97.5 Å². The fourth-order valence-electron chi connectivity index (χ4n) is 5.69. The molecular formula is C29H42O4S. The summed E-state index contributed by atoms with van der Waals surface area (Å²) in [6, 6.07) is 12.7. The zero-order valence-corrected chi connectivity index (χ0v) is 22.6. The van der Waals surface area contributed by atoms with E-state index >= 15 is 0 Å². The van der Waals surface area contributed by atoms with Crippen LogP contribution < -0.4 is 4.18 Å². The van der Waals surface area contributed by atoms with Gasteiger partial charge in [-0.1, -0.05) is 63.9 Å². The zero-order chi connectivity index (χ0) is 25.1. The molecule has 0 heterocycles. The molecule has 34 heavy (non-hydrogen) atoms. The van der Waals surface area contributed by atoms with Gasteiger partial charge >= 0.3 is 10.1 Å². The molecule has 0 aromatic heterocycles. The Hall–Kier alpha value is -1.85. The summed E-state index contributed by atoms with van der Waals surface area (Å²) in [6.45, 7) is 12.3. The van der Waals surface area contributed by atoms with E-state index in [1.807, 2.05) is 13.0 Å². The highest BCUT2D eigenvalue weighted by molar-refractivity contribution is 7.87. The first-order chi connectivity index (χ1) is 16.0. The maximum Gasteiger partial charge on any atom is 0.308 e. The number of aliphatic hydroxyl groups is 1. The summed E-state index contributed by atoms with van der Waals surface area (Å²) >= 11 is 0. The lowest BCUT2D eigenvalue weighted by atomic mass is 9.69. The van der Waals surface area contributed by atoms with Crippen molar-refractivity contribution < 1.29 is 17.7 Å². The largest absolute Gasteiger partial charge is 0.390 e. The van der Waals surface area contributed by atoms with Crippen LogP contribution in [0.3, 0.4) is 0 Å². The summed E-state index contributed by atoms with van der Waals surface area (Å²) in [6.07, 6.45) is 6.85. The van der Waals surface area contributed by atoms with Gasteiger partial charge in [0.05, 0.1) is 11.4 Å². The first-order valence-electron chi connectivity index (χ1n) is 12.9. The number of hydrogen-bond acceptors (Lipinski definition) is 4. The van der Waals surface area contributed by atoms with E-state index in [0.717, 1.165) is 50.5 Å². The first-order valence-corrected chi connectivity index (χ1v) is 14.4. The van der Waals surface area contributed by atoms with Crippen molar-refractivity contribution in [2.24, 2.45) is 5.92 Å². The summed E-state index contributed by atoms with van der Waals surface area (Å²) in [5.41, 5.74) is 5.18. The van der Waals surface area contributed by atoms with Gasteiger partial charge in [0.25, 0.3) is 0 Å². The van der Waals surface area contributed by atoms with Crippen molar-refractivity contribution in [3.8, 4) is 5.75 Å². The van der Waals surface area contributed by atoms with Crippen molar-refractivity contribution in [1.29, 1.82) is 0 Å². The fraction of sp³-hybridized carbons (Fsp3) is 0.586. The third-order valence-corrected chi connectivity index (χ3v) is 9.45. The molecule has 0 aliphatic heterocycles. The van der Waals surface area contributed by atoms with Gasteiger partial charge in [-0.05, 0) is 92.7 Å². The minimum atomic E-state index is -3.56. The normalized spacial score (nSPS) is 17.0. The van der Waals surface area contributed by atoms with Gasteiger partial charge < -0.3 is 9.29 Å². The topological polar surface area (TPSA) is 63.6 Å². The molecule has 188 valence electrons. The van der Waals surface area contributed by atoms with Crippen molar-refractivity contribution in [3.63, 3.8) is 0 Å². The van der Waals surface area contributed by atoms with Gasteiger partial charge in [0, 0.05) is 5.41 Å². The molecule has 0 amide bonds. The van der Waals surface area contributed by atoms with Crippen LogP contribution in [0.15, 0.2) is 36.4 Å². The highest BCUT2D eigenvalue weighted by Gasteiger charge is 2.37. The molecule has 5 heteroatoms. The molecule has 2 aromatic carbocycles. The van der Waals surface area contributed by atoms with E-state index < -0.39 is 15.7 Å². The quantitative estimate of drug-likeness (QED) is 0.383. The number of aryl methyl sites for hydroxylation is 2. The highest BCUT2D eigenvalue weighted by Crippen LogP contribution is 2.42. The lowest BCUT2D eigenvalue weighted by Crippen LogP contribution is -2.34. The van der Waals surface area contributed by atoms with Gasteiger partial charge in [0.2, 0.25) is 0 Å². The molecule has 0 spiro atoms. The molecule has 1 N–H and O–H groups in total. The van der Waals surface area contributed by atoms with Crippen molar-refractivity contribution in [3.05, 3.63) is 64.2 Å². The summed E-state index contributed by atoms with van der Waals surface area (Å²) in [5.74, 6) is 0.595. The van der Waals surface area contributed by atoms with Crippen LogP contribution in [0.5, 0.6) is 5.75 Å². The van der Waals surface area contributed by atoms with E-state index in [9.17, 15) is 13.5 Å². The van der Waals surface area contributed by atoms with Crippen molar-refractivity contribution in [2.75, 3.05) is 5.75 Å². The Morgan fingerprint density at radius 2 is 1.53 bits per heavy atom. The van der Waals surface area contributed by atoms with Crippen molar-refractivity contribution in [1.82, 2.24) is 0 Å². The molecule has 1 aliphatic carbocycles. The maximum absolute atomic E-state index is 11.9. The van der Waals surface area contributed by atoms with Crippen LogP contribution in [0, 0.1) is 19.8 Å². The molecule has 1 fully saturated rings. The van der Waals surface area contributed by atoms with E-state index in [1.54, 1.807) is 13.0 Å². The number of hydrogen-bond donors (Lipinski definition) is 1. The Morgan fingerprint density at radius 1 is 0.971 bits per heavy atom. The summed E-state index contributed by atoms with van der Waals surface area (Å²) in [5, 5.41) is 11.0. The molecule has 1 unspecified atom stereocenters. The van der Waals surface area contributed by atoms with Gasteiger partial charge in [-0.3, -0.25) is 0 Å². The third-order valence-electron chi connectivity index (χ3n) is 8.31. The minimum Gasteiger partial charge on any atom is -0.390 e. The fourth-order valence-corrected chi connectivity index (χ4v) is 6.27. The van der Waals surface area contributed by atoms with E-state index in [-0.39, 0.29) is 17.1 Å². The lowest BCUT2D eigenvalue weighted by molar-refractivity contribution is -0.00502. The molecule has 4 nitrogen and oxygen atoms in total. The molecule has 1 aliphatic rings. The Morgan fingerprint density at radius 3 is 2.03 bits per heavy atom. The number of benzene rings is 2. The standard InChI is InChI=1S/C29H42O4S/c1-7-28(8-2,26-14-15-27(22(5)19-26)33-34(31,32)9-3)25-13-12-24(21(4)18-25)20-23(6)29(30)16-10-11-17-29/h12-15,18-19,23,30H,7-11,16-17,20H2,1-6H3. The van der Waals surface area contributed by atoms with E-state index in [2.05, 4.69) is 52.0 Å². The molecular weight excluding hydrogens is 444 g/mol. The van der Waals surface area contributed by atoms with Gasteiger partial charge in [-0.2, -0.15) is 8.42 Å². The van der Waals surface area contributed by atoms with E-state index in [1.165, 1.54) is 22.3 Å². The molecule has 1 atom stereocenters. The van der Waals surface area contributed by atoms with E-state index in [4.69, 9.17) is 4.18 Å². The summed E-state index contributed by atoms with van der Waals surface area (Å²) in [4.78, 5) is 0. The second-order valence-corrected chi connectivity index (χ2v) is 12.1. The highest BCUT2D eigenvalue weighted by atomic mass is 32.2. The zero-order valence-electron chi connectivity index (χ0n) is 21.8. The minimum absolute atomic E-state index is 0.0519. The van der Waals surface area contributed by atoms with Crippen LogP contribution >= 0.6 is 0 Å². The molecule has 2 aromatic rings. The predicted molar refractivity (Wildman–Crippen MR) is 140 cm³/mol. The molecule has 1 saturated carbocycles. The van der Waals surface area contributed by atoms with Gasteiger partial charge in [0.1, 0.15) is 5.75 Å². The van der Waals surface area contributed by atoms with Crippen LogP contribution in [0.2, 0.25) is 0 Å². The lowest BCUT2D eigenvalue weighted by Gasteiger charge is -2.35. The summed E-state index contributed by atoms with van der Waals surface area (Å²) in [7, 11) is -3.56. The molecule has 0 saturated heterocycles. The number of rotatable bonds is 10. The predicted octanol–water partition coefficient (Wildman–Crippen LogP) is 6.62. The smallest absolute Gasteiger partial charge is 0.308 e. The second-order valence-electron chi connectivity index (χ2n) is 10.3. The van der Waals surface area contributed by atoms with Crippen molar-refractivity contribution >= 4 is 10.1 Å². The Balaban J connectivity index is 1.92. The SMILES string of the molecule is CCC(CC)(c1ccc(CC(C)C2(O)CCCC2)c(C)c1)c1ccc(OS(=O)(=O)CC)c(C)c1. The van der Waals surface area contributed by atoms with E-state index in [0.29, 0.717) is 5.75 Å². The third kappa shape index (κ3) is 5.36. The van der Waals surface area contributed by atoms with Gasteiger partial charge in [0.15, 0.2) is 0 Å². The molecule has 3 rings (SSSR count). The van der Waals surface area contributed by atoms with Gasteiger partial charge in [-0.25, -0.2) is 0 Å². The van der Waals surface area contributed by atoms with Crippen LogP contribution in [0.25, 0.3) is 0 Å². The van der Waals surface area contributed by atoms with Crippen LogP contribution in [0.4, 0.5) is 0 Å². The Labute approximate surface area is 206 Å². The van der Waals surface area contributed by atoms with Crippen LogP contribution in [-0.2, 0) is 22.0 Å². The first kappa shape index (κ1) is 26.7. The average Bonchev–Trinajstić information content (AvgIpc) is 3.26. The summed E-state index contributed by atoms with van der Waals surface area (Å²) < 4.78 is 29.2. The Kier molecular flexibility index (Phi) is 8.19. The maximum atomic E-state index is 11.9. The van der Waals surface area contributed by atoms with Gasteiger partial charge in [-0.15, -0.1) is 0 Å². The molecule has 0 bridgehead atoms. The monoisotopic (exact) mass is 486 g/mol. The second kappa shape index (κ2) is 10.4. The Bertz CT molecular complexity index is 1090. The van der Waals surface area contributed by atoms with Crippen LogP contribution in [0.1, 0.15) is 94.0 Å². The molecule has 0 radical (unpaired) electrons. The average molecular weight is 487 g/mol. The van der Waals surface area contributed by atoms with Crippen LogP contribution in [-0.4, -0.2) is 24.9 Å².